The molecule has 0 radical (unpaired) electrons. The Hall–Kier alpha value is -1.91. The molecule has 0 spiro atoms. The van der Waals surface area contributed by atoms with Crippen molar-refractivity contribution in [3.05, 3.63) is 29.6 Å². The molecule has 5 heteroatoms. The molecule has 92 valence electrons. The van der Waals surface area contributed by atoms with Crippen LogP contribution in [0.25, 0.3) is 0 Å². The number of ether oxygens (including phenoxy) is 2. The highest BCUT2D eigenvalue weighted by atomic mass is 19.1. The monoisotopic (exact) mass is 240 g/mol. The average molecular weight is 240 g/mol. The van der Waals surface area contributed by atoms with Crippen LogP contribution in [0, 0.1) is 5.82 Å². The predicted octanol–water partition coefficient (Wildman–Crippen LogP) is 1.97. The summed E-state index contributed by atoms with van der Waals surface area (Å²) in [6, 6.07) is 3.70. The van der Waals surface area contributed by atoms with Gasteiger partial charge in [0.2, 0.25) is 0 Å². The van der Waals surface area contributed by atoms with Crippen LogP contribution >= 0.6 is 0 Å². The van der Waals surface area contributed by atoms with E-state index in [0.29, 0.717) is 12.4 Å². The number of ketones is 1. The van der Waals surface area contributed by atoms with Gasteiger partial charge in [-0.15, -0.1) is 0 Å². The van der Waals surface area contributed by atoms with Gasteiger partial charge in [0.05, 0.1) is 18.8 Å². The summed E-state index contributed by atoms with van der Waals surface area (Å²) in [5.41, 5.74) is -0.313. The summed E-state index contributed by atoms with van der Waals surface area (Å²) in [5, 5.41) is 0. The second kappa shape index (κ2) is 5.98. The molecule has 0 aliphatic rings. The SMILES string of the molecule is CCOC(=O)C(=O)c1ccc(OCC)cc1F. The smallest absolute Gasteiger partial charge is 0.379 e. The molecular weight excluding hydrogens is 227 g/mol. The van der Waals surface area contributed by atoms with Crippen molar-refractivity contribution in [1.29, 1.82) is 0 Å². The van der Waals surface area contributed by atoms with E-state index in [0.717, 1.165) is 6.07 Å². The number of hydrogen-bond donors (Lipinski definition) is 0. The molecule has 0 fully saturated rings. The molecule has 0 N–H and O–H groups in total. The topological polar surface area (TPSA) is 52.6 Å². The third kappa shape index (κ3) is 3.27. The highest BCUT2D eigenvalue weighted by Gasteiger charge is 2.21. The summed E-state index contributed by atoms with van der Waals surface area (Å²) < 4.78 is 23.1. The van der Waals surface area contributed by atoms with Gasteiger partial charge in [0, 0.05) is 6.07 Å². The first kappa shape index (κ1) is 13.2. The zero-order valence-corrected chi connectivity index (χ0v) is 9.66. The molecule has 0 atom stereocenters. The fraction of sp³-hybridized carbons (Fsp3) is 0.333. The molecule has 4 nitrogen and oxygen atoms in total. The van der Waals surface area contributed by atoms with Gasteiger partial charge in [0.15, 0.2) is 0 Å². The molecule has 0 saturated carbocycles. The van der Waals surface area contributed by atoms with Crippen molar-refractivity contribution in [2.45, 2.75) is 13.8 Å². The van der Waals surface area contributed by atoms with Gasteiger partial charge in [0.25, 0.3) is 5.78 Å². The summed E-state index contributed by atoms with van der Waals surface area (Å²) in [5.74, 6) is -2.54. The van der Waals surface area contributed by atoms with Crippen LogP contribution in [0.5, 0.6) is 5.75 Å². The van der Waals surface area contributed by atoms with Crippen molar-refractivity contribution in [3.8, 4) is 5.75 Å². The summed E-state index contributed by atoms with van der Waals surface area (Å²) in [4.78, 5) is 22.6. The van der Waals surface area contributed by atoms with Crippen LogP contribution in [0.1, 0.15) is 24.2 Å². The van der Waals surface area contributed by atoms with Crippen molar-refractivity contribution in [3.63, 3.8) is 0 Å². The maximum absolute atomic E-state index is 13.5. The first-order valence-electron chi connectivity index (χ1n) is 5.24. The number of carbonyl (C=O) groups is 2. The second-order valence-corrected chi connectivity index (χ2v) is 3.12. The molecular formula is C12H13FO4. The summed E-state index contributed by atoms with van der Waals surface area (Å²) in [6.45, 7) is 3.79. The largest absolute Gasteiger partial charge is 0.494 e. The fourth-order valence-electron chi connectivity index (χ4n) is 1.24. The Kier molecular flexibility index (Phi) is 4.63. The maximum atomic E-state index is 13.5. The minimum absolute atomic E-state index is 0.0726. The van der Waals surface area contributed by atoms with Gasteiger partial charge in [-0.25, -0.2) is 9.18 Å². The number of carbonyl (C=O) groups excluding carboxylic acids is 2. The zero-order valence-electron chi connectivity index (χ0n) is 9.66. The summed E-state index contributed by atoms with van der Waals surface area (Å²) in [7, 11) is 0. The number of benzene rings is 1. The Labute approximate surface area is 98.3 Å². The van der Waals surface area contributed by atoms with Gasteiger partial charge in [0.1, 0.15) is 11.6 Å². The van der Waals surface area contributed by atoms with Gasteiger partial charge in [-0.1, -0.05) is 0 Å². The van der Waals surface area contributed by atoms with Crippen molar-refractivity contribution in [1.82, 2.24) is 0 Å². The number of hydrogen-bond acceptors (Lipinski definition) is 4. The van der Waals surface area contributed by atoms with E-state index in [-0.39, 0.29) is 12.2 Å². The van der Waals surface area contributed by atoms with Crippen LogP contribution < -0.4 is 4.74 Å². The van der Waals surface area contributed by atoms with E-state index in [2.05, 4.69) is 4.74 Å². The highest BCUT2D eigenvalue weighted by Crippen LogP contribution is 2.17. The zero-order chi connectivity index (χ0) is 12.8. The lowest BCUT2D eigenvalue weighted by molar-refractivity contribution is -0.137. The Morgan fingerprint density at radius 3 is 2.47 bits per heavy atom. The van der Waals surface area contributed by atoms with Crippen molar-refractivity contribution in [2.24, 2.45) is 0 Å². The van der Waals surface area contributed by atoms with Gasteiger partial charge in [-0.05, 0) is 26.0 Å². The van der Waals surface area contributed by atoms with Crippen LogP contribution in [0.3, 0.4) is 0 Å². The maximum Gasteiger partial charge on any atom is 0.379 e. The Morgan fingerprint density at radius 2 is 1.94 bits per heavy atom. The molecule has 0 saturated heterocycles. The first-order chi connectivity index (χ1) is 8.10. The molecule has 1 aromatic rings. The van der Waals surface area contributed by atoms with Crippen LogP contribution in [0.15, 0.2) is 18.2 Å². The van der Waals surface area contributed by atoms with Crippen molar-refractivity contribution < 1.29 is 23.5 Å². The minimum atomic E-state index is -1.06. The quantitative estimate of drug-likeness (QED) is 0.448. The highest BCUT2D eigenvalue weighted by molar-refractivity contribution is 6.40. The second-order valence-electron chi connectivity index (χ2n) is 3.12. The molecule has 17 heavy (non-hydrogen) atoms. The van der Waals surface area contributed by atoms with Crippen molar-refractivity contribution >= 4 is 11.8 Å². The van der Waals surface area contributed by atoms with Crippen LogP contribution in [0.2, 0.25) is 0 Å². The third-order valence-electron chi connectivity index (χ3n) is 1.96. The van der Waals surface area contributed by atoms with Gasteiger partial charge in [-0.3, -0.25) is 4.79 Å². The molecule has 0 heterocycles. The molecule has 0 unspecified atom stereocenters. The summed E-state index contributed by atoms with van der Waals surface area (Å²) in [6.07, 6.45) is 0. The molecule has 0 bridgehead atoms. The summed E-state index contributed by atoms with van der Waals surface area (Å²) >= 11 is 0. The lowest BCUT2D eigenvalue weighted by Crippen LogP contribution is -2.18. The lowest BCUT2D eigenvalue weighted by atomic mass is 10.1. The third-order valence-corrected chi connectivity index (χ3v) is 1.96. The number of rotatable bonds is 5. The Balaban J connectivity index is 2.92. The van der Waals surface area contributed by atoms with Crippen molar-refractivity contribution in [2.75, 3.05) is 13.2 Å². The van der Waals surface area contributed by atoms with Gasteiger partial charge in [-0.2, -0.15) is 0 Å². The van der Waals surface area contributed by atoms with E-state index >= 15 is 0 Å². The number of halogens is 1. The number of esters is 1. The van der Waals surface area contributed by atoms with Crippen LogP contribution in [0.4, 0.5) is 4.39 Å². The molecule has 0 aromatic heterocycles. The van der Waals surface area contributed by atoms with Crippen LogP contribution in [-0.4, -0.2) is 25.0 Å². The molecule has 0 aliphatic heterocycles. The van der Waals surface area contributed by atoms with E-state index < -0.39 is 17.6 Å². The fourth-order valence-corrected chi connectivity index (χ4v) is 1.24. The van der Waals surface area contributed by atoms with E-state index in [9.17, 15) is 14.0 Å². The van der Waals surface area contributed by atoms with Crippen LogP contribution in [-0.2, 0) is 9.53 Å². The van der Waals surface area contributed by atoms with E-state index in [1.54, 1.807) is 13.8 Å². The average Bonchev–Trinajstić information content (AvgIpc) is 2.29. The Morgan fingerprint density at radius 1 is 1.24 bits per heavy atom. The lowest BCUT2D eigenvalue weighted by Gasteiger charge is -2.05. The van der Waals surface area contributed by atoms with E-state index in [4.69, 9.17) is 4.74 Å². The molecule has 0 aliphatic carbocycles. The van der Waals surface area contributed by atoms with E-state index in [1.807, 2.05) is 0 Å². The normalized spacial score (nSPS) is 9.82. The number of Topliss-reactive ketones (excluding diaryl/α,β-unsaturated/α-hetero) is 1. The standard InChI is InChI=1S/C12H13FO4/c1-3-16-8-5-6-9(10(13)7-8)11(14)12(15)17-4-2/h5-7H,3-4H2,1-2H3. The molecule has 1 aromatic carbocycles. The van der Waals surface area contributed by atoms with Gasteiger partial charge < -0.3 is 9.47 Å². The predicted molar refractivity (Wildman–Crippen MR) is 58.5 cm³/mol. The molecule has 1 rings (SSSR count). The first-order valence-corrected chi connectivity index (χ1v) is 5.24. The Bertz CT molecular complexity index is 429. The van der Waals surface area contributed by atoms with Gasteiger partial charge >= 0.3 is 5.97 Å². The van der Waals surface area contributed by atoms with E-state index in [1.165, 1.54) is 12.1 Å². The minimum Gasteiger partial charge on any atom is -0.494 e. The molecule has 0 amide bonds.